The zero-order valence-corrected chi connectivity index (χ0v) is 11.3. The molecule has 1 fully saturated rings. The summed E-state index contributed by atoms with van der Waals surface area (Å²) in [5.41, 5.74) is 0.508. The van der Waals surface area contributed by atoms with Crippen LogP contribution in [0.5, 0.6) is 11.5 Å². The highest BCUT2D eigenvalue weighted by molar-refractivity contribution is 6.32. The maximum absolute atomic E-state index is 12.1. The van der Waals surface area contributed by atoms with Crippen molar-refractivity contribution in [3.8, 4) is 11.5 Å². The quantitative estimate of drug-likeness (QED) is 0.919. The Morgan fingerprint density at radius 2 is 2.21 bits per heavy atom. The number of rotatable bonds is 3. The molecule has 1 N–H and O–H groups in total. The molecule has 0 spiro atoms. The lowest BCUT2D eigenvalue weighted by molar-refractivity contribution is -0.0978. The smallest absolute Gasteiger partial charge is 0.251 e. The third-order valence-electron chi connectivity index (χ3n) is 3.27. The van der Waals surface area contributed by atoms with Gasteiger partial charge in [0.1, 0.15) is 0 Å². The molecule has 0 unspecified atom stereocenters. The molecule has 2 aliphatic rings. The molecule has 0 bridgehead atoms. The van der Waals surface area contributed by atoms with Crippen molar-refractivity contribution in [2.75, 3.05) is 26.6 Å². The van der Waals surface area contributed by atoms with Crippen molar-refractivity contribution in [3.05, 3.63) is 22.7 Å². The zero-order valence-electron chi connectivity index (χ0n) is 10.5. The lowest BCUT2D eigenvalue weighted by atomic mass is 9.88. The number of nitrogens with one attached hydrogen (secondary N) is 1. The van der Waals surface area contributed by atoms with Crippen LogP contribution in [0.15, 0.2) is 12.1 Å². The van der Waals surface area contributed by atoms with E-state index in [2.05, 4.69) is 12.2 Å². The fourth-order valence-electron chi connectivity index (χ4n) is 2.05. The highest BCUT2D eigenvalue weighted by Crippen LogP contribution is 2.39. The predicted octanol–water partition coefficient (Wildman–Crippen LogP) is 1.83. The molecule has 1 saturated heterocycles. The Balaban J connectivity index is 1.71. The van der Waals surface area contributed by atoms with Gasteiger partial charge >= 0.3 is 0 Å². The van der Waals surface area contributed by atoms with Crippen molar-refractivity contribution in [2.45, 2.75) is 6.92 Å². The number of halogens is 1. The Labute approximate surface area is 115 Å². The first-order valence-electron chi connectivity index (χ1n) is 6.02. The summed E-state index contributed by atoms with van der Waals surface area (Å²) in [5.74, 6) is 0.835. The summed E-state index contributed by atoms with van der Waals surface area (Å²) < 4.78 is 15.6. The molecule has 1 amide bonds. The summed E-state index contributed by atoms with van der Waals surface area (Å²) in [5, 5.41) is 3.27. The molecular formula is C13H14ClNO4. The molecule has 102 valence electrons. The highest BCUT2D eigenvalue weighted by Gasteiger charge is 2.33. The second-order valence-corrected chi connectivity index (χ2v) is 5.59. The third-order valence-corrected chi connectivity index (χ3v) is 3.55. The first-order valence-corrected chi connectivity index (χ1v) is 6.40. The lowest BCUT2D eigenvalue weighted by Gasteiger charge is -2.38. The van der Waals surface area contributed by atoms with Gasteiger partial charge < -0.3 is 19.5 Å². The van der Waals surface area contributed by atoms with Crippen molar-refractivity contribution in [3.63, 3.8) is 0 Å². The van der Waals surface area contributed by atoms with E-state index in [1.807, 2.05) is 0 Å². The van der Waals surface area contributed by atoms with E-state index in [1.165, 1.54) is 0 Å². The van der Waals surface area contributed by atoms with Gasteiger partial charge in [0.05, 0.1) is 18.2 Å². The second kappa shape index (κ2) is 4.58. The van der Waals surface area contributed by atoms with Crippen LogP contribution in [0.4, 0.5) is 0 Å². The van der Waals surface area contributed by atoms with Gasteiger partial charge in [0.25, 0.3) is 5.91 Å². The third kappa shape index (κ3) is 2.35. The van der Waals surface area contributed by atoms with E-state index >= 15 is 0 Å². The van der Waals surface area contributed by atoms with Gasteiger partial charge in [-0.2, -0.15) is 0 Å². The Morgan fingerprint density at radius 1 is 1.42 bits per heavy atom. The summed E-state index contributed by atoms with van der Waals surface area (Å²) in [6.07, 6.45) is 0. The molecule has 2 aliphatic heterocycles. The topological polar surface area (TPSA) is 56.8 Å². The van der Waals surface area contributed by atoms with E-state index in [4.69, 9.17) is 25.8 Å². The van der Waals surface area contributed by atoms with Gasteiger partial charge in [0.2, 0.25) is 6.79 Å². The number of benzene rings is 1. The Bertz CT molecular complexity index is 528. The van der Waals surface area contributed by atoms with E-state index in [1.54, 1.807) is 12.1 Å². The number of ether oxygens (including phenoxy) is 3. The summed E-state index contributed by atoms with van der Waals surface area (Å²) >= 11 is 6.04. The number of hydrogen-bond donors (Lipinski definition) is 1. The average molecular weight is 284 g/mol. The molecule has 0 radical (unpaired) electrons. The monoisotopic (exact) mass is 283 g/mol. The number of carbonyl (C=O) groups excluding carboxylic acids is 1. The van der Waals surface area contributed by atoms with Gasteiger partial charge in [-0.25, -0.2) is 0 Å². The molecule has 0 aliphatic carbocycles. The highest BCUT2D eigenvalue weighted by atomic mass is 35.5. The molecule has 19 heavy (non-hydrogen) atoms. The van der Waals surface area contributed by atoms with Gasteiger partial charge in [-0.1, -0.05) is 18.5 Å². The predicted molar refractivity (Wildman–Crippen MR) is 68.8 cm³/mol. The molecule has 1 aromatic carbocycles. The van der Waals surface area contributed by atoms with Gasteiger partial charge in [0.15, 0.2) is 11.5 Å². The van der Waals surface area contributed by atoms with E-state index < -0.39 is 0 Å². The molecule has 0 atom stereocenters. The number of amides is 1. The minimum Gasteiger partial charge on any atom is -0.454 e. The average Bonchev–Trinajstić information content (AvgIpc) is 2.82. The van der Waals surface area contributed by atoms with Crippen LogP contribution in [0.3, 0.4) is 0 Å². The van der Waals surface area contributed by atoms with Crippen LogP contribution >= 0.6 is 11.6 Å². The second-order valence-electron chi connectivity index (χ2n) is 5.18. The van der Waals surface area contributed by atoms with Gasteiger partial charge in [-0.05, 0) is 12.1 Å². The van der Waals surface area contributed by atoms with Crippen LogP contribution in [0.1, 0.15) is 17.3 Å². The number of carbonyl (C=O) groups is 1. The normalized spacial score (nSPS) is 18.8. The van der Waals surface area contributed by atoms with Crippen LogP contribution in [-0.4, -0.2) is 32.5 Å². The van der Waals surface area contributed by atoms with E-state index in [0.717, 1.165) is 0 Å². The first kappa shape index (κ1) is 12.6. The lowest BCUT2D eigenvalue weighted by Crippen LogP contribution is -2.48. The largest absolute Gasteiger partial charge is 0.454 e. The summed E-state index contributed by atoms with van der Waals surface area (Å²) in [7, 11) is 0. The Kier molecular flexibility index (Phi) is 3.03. The van der Waals surface area contributed by atoms with Crippen LogP contribution in [0.25, 0.3) is 0 Å². The van der Waals surface area contributed by atoms with Crippen LogP contribution < -0.4 is 14.8 Å². The van der Waals surface area contributed by atoms with Crippen molar-refractivity contribution < 1.29 is 19.0 Å². The van der Waals surface area contributed by atoms with Crippen LogP contribution in [0.2, 0.25) is 5.02 Å². The van der Waals surface area contributed by atoms with E-state index in [-0.39, 0.29) is 18.1 Å². The first-order chi connectivity index (χ1) is 9.07. The molecule has 1 aromatic rings. The molecule has 0 saturated carbocycles. The van der Waals surface area contributed by atoms with Crippen molar-refractivity contribution in [2.24, 2.45) is 5.41 Å². The fourth-order valence-corrected chi connectivity index (χ4v) is 2.31. The maximum Gasteiger partial charge on any atom is 0.251 e. The van der Waals surface area contributed by atoms with Crippen molar-refractivity contribution in [1.82, 2.24) is 5.32 Å². The summed E-state index contributed by atoms with van der Waals surface area (Å²) in [6.45, 7) is 4.14. The number of hydrogen-bond acceptors (Lipinski definition) is 4. The Morgan fingerprint density at radius 3 is 2.89 bits per heavy atom. The fraction of sp³-hybridized carbons (Fsp3) is 0.462. The standard InChI is InChI=1S/C13H14ClNO4/c1-13(5-17-6-13)4-15-12(16)8-2-9(14)11-10(3-8)18-7-19-11/h2-3H,4-7H2,1H3,(H,15,16). The van der Waals surface area contributed by atoms with E-state index in [9.17, 15) is 4.79 Å². The van der Waals surface area contributed by atoms with Gasteiger partial charge in [-0.15, -0.1) is 0 Å². The maximum atomic E-state index is 12.1. The molecule has 5 nitrogen and oxygen atoms in total. The molecular weight excluding hydrogens is 270 g/mol. The minimum atomic E-state index is -0.173. The Hall–Kier alpha value is -1.46. The SMILES string of the molecule is CC1(CNC(=O)c2cc(Cl)c3c(c2)OCO3)COC1. The molecule has 0 aromatic heterocycles. The van der Waals surface area contributed by atoms with Gasteiger partial charge in [-0.3, -0.25) is 4.79 Å². The van der Waals surface area contributed by atoms with Crippen LogP contribution in [-0.2, 0) is 4.74 Å². The van der Waals surface area contributed by atoms with Gasteiger partial charge in [0, 0.05) is 17.5 Å². The van der Waals surface area contributed by atoms with E-state index in [0.29, 0.717) is 41.8 Å². The molecule has 6 heteroatoms. The zero-order chi connectivity index (χ0) is 13.5. The van der Waals surface area contributed by atoms with Crippen molar-refractivity contribution >= 4 is 17.5 Å². The minimum absolute atomic E-state index is 0.0375. The van der Waals surface area contributed by atoms with Crippen LogP contribution in [0, 0.1) is 5.41 Å². The number of fused-ring (bicyclic) bond motifs is 1. The van der Waals surface area contributed by atoms with Crippen molar-refractivity contribution in [1.29, 1.82) is 0 Å². The summed E-state index contributed by atoms with van der Waals surface area (Å²) in [6, 6.07) is 3.23. The molecule has 2 heterocycles. The molecule has 3 rings (SSSR count). The summed E-state index contributed by atoms with van der Waals surface area (Å²) in [4.78, 5) is 12.1.